The second-order valence-electron chi connectivity index (χ2n) is 10.8. The number of nitrogens with zero attached hydrogens (tertiary/aromatic N) is 4. The number of azo groups is 2. The molecule has 0 bridgehead atoms. The van der Waals surface area contributed by atoms with E-state index in [-0.39, 0.29) is 0 Å². The maximum absolute atomic E-state index is 12.9. The summed E-state index contributed by atoms with van der Waals surface area (Å²) in [5.74, 6) is -1.42. The zero-order valence-corrected chi connectivity index (χ0v) is 27.5. The first-order valence-electron chi connectivity index (χ1n) is 14.9. The van der Waals surface area contributed by atoms with E-state index in [1.54, 1.807) is 60.7 Å². The Kier molecular flexibility index (Phi) is 11.6. The van der Waals surface area contributed by atoms with E-state index < -0.39 is 35.5 Å². The SMILES string of the molecule is COc1cc(-c2ccc(N=N[C@@H](C(C)=O)C(=O)Nc3ccccc3C)c(OC)c2)ccc1N=N[C@H](C(C)=O)C(=O)Nc1ccccc1C. The molecule has 0 spiro atoms. The Bertz CT molecular complexity index is 1770. The van der Waals surface area contributed by atoms with Crippen LogP contribution >= 0.6 is 0 Å². The molecule has 48 heavy (non-hydrogen) atoms. The van der Waals surface area contributed by atoms with Crippen LogP contribution in [0.4, 0.5) is 22.7 Å². The number of amides is 2. The van der Waals surface area contributed by atoms with Crippen LogP contribution in [-0.4, -0.2) is 49.7 Å². The smallest absolute Gasteiger partial charge is 0.258 e. The van der Waals surface area contributed by atoms with Crippen LogP contribution in [0, 0.1) is 13.8 Å². The number of nitrogens with one attached hydrogen (secondary N) is 2. The number of ketones is 2. The van der Waals surface area contributed by atoms with Crippen LogP contribution < -0.4 is 20.1 Å². The normalized spacial score (nSPS) is 12.4. The Hall–Kier alpha value is -6.04. The van der Waals surface area contributed by atoms with Gasteiger partial charge in [-0.2, -0.15) is 20.5 Å². The minimum absolute atomic E-state index is 0.313. The summed E-state index contributed by atoms with van der Waals surface area (Å²) < 4.78 is 11.1. The molecule has 0 aliphatic carbocycles. The van der Waals surface area contributed by atoms with Crippen LogP contribution in [-0.2, 0) is 19.2 Å². The molecule has 0 unspecified atom stereocenters. The van der Waals surface area contributed by atoms with E-state index in [4.69, 9.17) is 9.47 Å². The Balaban J connectivity index is 1.54. The highest BCUT2D eigenvalue weighted by molar-refractivity contribution is 6.11. The number of carbonyl (C=O) groups excluding carboxylic acids is 4. The molecule has 0 fully saturated rings. The van der Waals surface area contributed by atoms with Gasteiger partial charge in [0.1, 0.15) is 22.9 Å². The van der Waals surface area contributed by atoms with E-state index in [0.717, 1.165) is 22.3 Å². The zero-order chi connectivity index (χ0) is 34.8. The highest BCUT2D eigenvalue weighted by Crippen LogP contribution is 2.37. The van der Waals surface area contributed by atoms with E-state index in [1.807, 2.05) is 38.1 Å². The molecule has 12 heteroatoms. The van der Waals surface area contributed by atoms with Crippen LogP contribution in [0.25, 0.3) is 11.1 Å². The van der Waals surface area contributed by atoms with Gasteiger partial charge in [-0.3, -0.25) is 19.2 Å². The lowest BCUT2D eigenvalue weighted by molar-refractivity contribution is -0.127. The molecule has 4 aromatic rings. The summed E-state index contributed by atoms with van der Waals surface area (Å²) in [5, 5.41) is 21.9. The van der Waals surface area contributed by atoms with Crippen molar-refractivity contribution in [1.82, 2.24) is 0 Å². The maximum Gasteiger partial charge on any atom is 0.258 e. The van der Waals surface area contributed by atoms with Gasteiger partial charge in [0.25, 0.3) is 11.8 Å². The van der Waals surface area contributed by atoms with E-state index in [2.05, 4.69) is 31.1 Å². The summed E-state index contributed by atoms with van der Waals surface area (Å²) in [6.45, 7) is 6.24. The number of rotatable bonds is 13. The van der Waals surface area contributed by atoms with Gasteiger partial charge in [-0.05, 0) is 86.3 Å². The molecular weight excluding hydrogens is 612 g/mol. The average Bonchev–Trinajstić information content (AvgIpc) is 3.06. The Morgan fingerprint density at radius 2 is 0.958 bits per heavy atom. The molecule has 0 heterocycles. The van der Waals surface area contributed by atoms with Gasteiger partial charge in [0.05, 0.1) is 14.2 Å². The lowest BCUT2D eigenvalue weighted by Gasteiger charge is -2.13. The number of aryl methyl sites for hydroxylation is 2. The van der Waals surface area contributed by atoms with Crippen molar-refractivity contribution in [1.29, 1.82) is 0 Å². The summed E-state index contributed by atoms with van der Waals surface area (Å²) in [7, 11) is 2.94. The topological polar surface area (TPSA) is 160 Å². The van der Waals surface area contributed by atoms with Crippen molar-refractivity contribution in [2.45, 2.75) is 39.8 Å². The van der Waals surface area contributed by atoms with Crippen molar-refractivity contribution >= 4 is 46.1 Å². The molecule has 0 radical (unpaired) electrons. The quantitative estimate of drug-likeness (QED) is 0.114. The van der Waals surface area contributed by atoms with Gasteiger partial charge in [0.15, 0.2) is 11.6 Å². The maximum atomic E-state index is 12.9. The minimum Gasteiger partial charge on any atom is -0.494 e. The standard InChI is InChI=1S/C36H36N6O6/c1-21-11-7-9-13-27(21)37-35(45)33(23(3)43)41-39-29-17-15-25(19-31(29)47-5)26-16-18-30(32(20-26)48-6)40-42-34(24(4)44)36(46)38-28-14-10-8-12-22(28)2/h7-20,33-34H,1-6H3,(H,37,45)(H,38,46)/t33-,34+. The van der Waals surface area contributed by atoms with Crippen molar-refractivity contribution in [3.05, 3.63) is 96.1 Å². The van der Waals surface area contributed by atoms with Gasteiger partial charge < -0.3 is 20.1 Å². The van der Waals surface area contributed by atoms with Gasteiger partial charge in [0, 0.05) is 11.4 Å². The summed E-state index contributed by atoms with van der Waals surface area (Å²) in [6.07, 6.45) is 0. The Morgan fingerprint density at radius 1 is 0.583 bits per heavy atom. The number of carbonyl (C=O) groups is 4. The molecule has 2 atom stereocenters. The first-order valence-corrected chi connectivity index (χ1v) is 14.9. The molecule has 12 nitrogen and oxygen atoms in total. The number of hydrogen-bond acceptors (Lipinski definition) is 10. The lowest BCUT2D eigenvalue weighted by atomic mass is 10.0. The largest absolute Gasteiger partial charge is 0.494 e. The summed E-state index contributed by atoms with van der Waals surface area (Å²) >= 11 is 0. The average molecular weight is 649 g/mol. The number of Topliss-reactive ketones (excluding diaryl/α,β-unsaturated/α-hetero) is 2. The van der Waals surface area contributed by atoms with Crippen molar-refractivity contribution in [2.75, 3.05) is 24.9 Å². The fraction of sp³-hybridized carbons (Fsp3) is 0.222. The number of methoxy groups -OCH3 is 2. The van der Waals surface area contributed by atoms with Crippen molar-refractivity contribution in [3.8, 4) is 22.6 Å². The molecule has 0 saturated carbocycles. The highest BCUT2D eigenvalue weighted by Gasteiger charge is 2.25. The van der Waals surface area contributed by atoms with Crippen molar-refractivity contribution < 1.29 is 28.7 Å². The van der Waals surface area contributed by atoms with E-state index in [9.17, 15) is 19.2 Å². The molecule has 0 aliphatic heterocycles. The summed E-state index contributed by atoms with van der Waals surface area (Å²) in [4.78, 5) is 50.3. The second kappa shape index (κ2) is 16.0. The number of hydrogen-bond donors (Lipinski definition) is 2. The minimum atomic E-state index is -1.35. The van der Waals surface area contributed by atoms with Crippen LogP contribution in [0.1, 0.15) is 25.0 Å². The molecule has 2 N–H and O–H groups in total. The van der Waals surface area contributed by atoms with Gasteiger partial charge >= 0.3 is 0 Å². The van der Waals surface area contributed by atoms with Crippen LogP contribution in [0.5, 0.6) is 11.5 Å². The fourth-order valence-electron chi connectivity index (χ4n) is 4.58. The Labute approximate surface area is 278 Å². The third kappa shape index (κ3) is 8.60. The van der Waals surface area contributed by atoms with E-state index >= 15 is 0 Å². The Morgan fingerprint density at radius 3 is 1.29 bits per heavy atom. The highest BCUT2D eigenvalue weighted by atomic mass is 16.5. The van der Waals surface area contributed by atoms with Crippen LogP contribution in [0.15, 0.2) is 105 Å². The fourth-order valence-corrected chi connectivity index (χ4v) is 4.58. The van der Waals surface area contributed by atoms with E-state index in [0.29, 0.717) is 34.2 Å². The number of para-hydroxylation sites is 2. The lowest BCUT2D eigenvalue weighted by Crippen LogP contribution is -2.32. The summed E-state index contributed by atoms with van der Waals surface area (Å²) in [6, 6.07) is 22.0. The predicted molar refractivity (Wildman–Crippen MR) is 183 cm³/mol. The molecule has 2 amide bonds. The molecule has 0 aromatic heterocycles. The molecule has 0 aliphatic rings. The molecule has 0 saturated heterocycles. The third-order valence-corrected chi connectivity index (χ3v) is 7.33. The van der Waals surface area contributed by atoms with Crippen molar-refractivity contribution in [3.63, 3.8) is 0 Å². The van der Waals surface area contributed by atoms with Gasteiger partial charge in [0.2, 0.25) is 12.1 Å². The van der Waals surface area contributed by atoms with Crippen LogP contribution in [0.2, 0.25) is 0 Å². The third-order valence-electron chi connectivity index (χ3n) is 7.33. The molecular formula is C36H36N6O6. The van der Waals surface area contributed by atoms with Crippen molar-refractivity contribution in [2.24, 2.45) is 20.5 Å². The van der Waals surface area contributed by atoms with Crippen LogP contribution in [0.3, 0.4) is 0 Å². The number of ether oxygens (including phenoxy) is 2. The second-order valence-corrected chi connectivity index (χ2v) is 10.8. The monoisotopic (exact) mass is 648 g/mol. The number of anilines is 2. The number of benzene rings is 4. The molecule has 4 aromatic carbocycles. The van der Waals surface area contributed by atoms with Gasteiger partial charge in [-0.1, -0.05) is 48.5 Å². The molecule has 246 valence electrons. The first-order chi connectivity index (χ1) is 23.0. The van der Waals surface area contributed by atoms with E-state index in [1.165, 1.54) is 28.1 Å². The van der Waals surface area contributed by atoms with Gasteiger partial charge in [-0.15, -0.1) is 0 Å². The zero-order valence-electron chi connectivity index (χ0n) is 27.5. The molecule has 4 rings (SSSR count). The van der Waals surface area contributed by atoms with Gasteiger partial charge in [-0.25, -0.2) is 0 Å². The predicted octanol–water partition coefficient (Wildman–Crippen LogP) is 7.35. The first kappa shape index (κ1) is 34.8. The summed E-state index contributed by atoms with van der Waals surface area (Å²) in [5.41, 5.74) is 4.93.